The predicted octanol–water partition coefficient (Wildman–Crippen LogP) is -25.3. The van der Waals surface area contributed by atoms with Crippen LogP contribution in [0.5, 0.6) is 0 Å². The molecule has 144 valence electrons. The Bertz CT molecular complexity index is 595. The summed E-state index contributed by atoms with van der Waals surface area (Å²) in [6, 6.07) is 0. The Kier molecular flexibility index (Phi) is 41.2. The molecule has 0 aliphatic heterocycles. The van der Waals surface area contributed by atoms with Gasteiger partial charge in [0, 0.05) is 0 Å². The van der Waals surface area contributed by atoms with Crippen LogP contribution in [0.3, 0.4) is 0 Å². The molecule has 0 aromatic rings. The van der Waals surface area contributed by atoms with Crippen LogP contribution in [0.25, 0.3) is 0 Å². The van der Waals surface area contributed by atoms with Gasteiger partial charge in [-0.2, -0.15) is 0 Å². The Hall–Kier alpha value is 10.0. The molecular formula is C6H9K6O15P3. The molecule has 0 saturated heterocycles. The second-order valence-electron chi connectivity index (χ2n) is 4.52. The van der Waals surface area contributed by atoms with Crippen molar-refractivity contribution in [2.75, 3.05) is 0 Å². The molecule has 0 spiro atoms. The summed E-state index contributed by atoms with van der Waals surface area (Å²) in [6.07, 6.45) is -15.7. The molecule has 6 atom stereocenters. The molecule has 6 unspecified atom stereocenters. The average molecular weight is 649 g/mol. The first-order valence-electron chi connectivity index (χ1n) is 5.67. The van der Waals surface area contributed by atoms with Crippen molar-refractivity contribution in [1.29, 1.82) is 0 Å². The molecule has 1 rings (SSSR count). The van der Waals surface area contributed by atoms with E-state index in [0.29, 0.717) is 0 Å². The second kappa shape index (κ2) is 23.5. The zero-order chi connectivity index (χ0) is 19.1. The van der Waals surface area contributed by atoms with Crippen LogP contribution in [-0.4, -0.2) is 51.9 Å². The number of hydrogen-bond acceptors (Lipinski definition) is 15. The predicted molar refractivity (Wildman–Crippen MR) is 55.5 cm³/mol. The van der Waals surface area contributed by atoms with E-state index < -0.39 is 60.1 Å². The van der Waals surface area contributed by atoms with Crippen LogP contribution in [0.15, 0.2) is 0 Å². The van der Waals surface area contributed by atoms with E-state index >= 15 is 0 Å². The fourth-order valence-corrected chi connectivity index (χ4v) is 3.62. The van der Waals surface area contributed by atoms with Gasteiger partial charge in [0.05, 0.1) is 23.5 Å². The van der Waals surface area contributed by atoms with Crippen molar-refractivity contribution in [2.45, 2.75) is 36.6 Å². The van der Waals surface area contributed by atoms with Crippen molar-refractivity contribution < 1.29 is 380 Å². The van der Waals surface area contributed by atoms with E-state index in [4.69, 9.17) is 0 Å². The van der Waals surface area contributed by atoms with Gasteiger partial charge in [-0.25, -0.2) is 0 Å². The molecule has 15 nitrogen and oxygen atoms in total. The number of aliphatic hydroxyl groups is 3. The molecule has 0 heterocycles. The van der Waals surface area contributed by atoms with Crippen molar-refractivity contribution in [3.8, 4) is 0 Å². The third-order valence-corrected chi connectivity index (χ3v) is 4.28. The van der Waals surface area contributed by atoms with Crippen molar-refractivity contribution in [3.05, 3.63) is 0 Å². The van der Waals surface area contributed by atoms with E-state index in [-0.39, 0.29) is 308 Å². The van der Waals surface area contributed by atoms with Gasteiger partial charge in [0.25, 0.3) is 0 Å². The summed E-state index contributed by atoms with van der Waals surface area (Å²) >= 11 is 0. The van der Waals surface area contributed by atoms with E-state index in [0.717, 1.165) is 0 Å². The SMILES string of the molecule is O=P([O-])([O-])OC1C(O)C(O)C(OP(=O)([O-])[O-])C(OP(=O)([O-])[O-])C1O.[K+].[K+].[K+].[K+].[K+].[K+]. The van der Waals surface area contributed by atoms with Crippen molar-refractivity contribution in [3.63, 3.8) is 0 Å². The summed E-state index contributed by atoms with van der Waals surface area (Å²) in [5.41, 5.74) is 0. The summed E-state index contributed by atoms with van der Waals surface area (Å²) in [6.45, 7) is 0. The molecule has 1 aliphatic rings. The zero-order valence-corrected chi connectivity index (χ0v) is 38.5. The van der Waals surface area contributed by atoms with Gasteiger partial charge in [0.1, 0.15) is 36.6 Å². The van der Waals surface area contributed by atoms with Gasteiger partial charge >= 0.3 is 308 Å². The zero-order valence-electron chi connectivity index (χ0n) is 17.0. The Morgan fingerprint density at radius 2 is 0.667 bits per heavy atom. The van der Waals surface area contributed by atoms with Gasteiger partial charge in [-0.05, 0) is 0 Å². The molecule has 1 aliphatic carbocycles. The molecule has 1 fully saturated rings. The first kappa shape index (κ1) is 52.7. The van der Waals surface area contributed by atoms with E-state index in [1.54, 1.807) is 0 Å². The topological polar surface area (TPSA) is 278 Å². The Labute approximate surface area is 426 Å². The Morgan fingerprint density at radius 1 is 0.467 bits per heavy atom. The normalized spacial score (nSPS) is 28.7. The van der Waals surface area contributed by atoms with Crippen LogP contribution in [0.1, 0.15) is 0 Å². The summed E-state index contributed by atoms with van der Waals surface area (Å²) < 4.78 is 43.0. The van der Waals surface area contributed by atoms with Crippen LogP contribution in [0.4, 0.5) is 0 Å². The maximum atomic E-state index is 10.6. The van der Waals surface area contributed by atoms with E-state index in [1.165, 1.54) is 0 Å². The summed E-state index contributed by atoms with van der Waals surface area (Å²) in [5, 5.41) is 28.9. The van der Waals surface area contributed by atoms with Crippen LogP contribution < -0.4 is 338 Å². The third kappa shape index (κ3) is 21.7. The van der Waals surface area contributed by atoms with Gasteiger partial charge in [0.2, 0.25) is 0 Å². The van der Waals surface area contributed by atoms with Gasteiger partial charge < -0.3 is 71.9 Å². The Morgan fingerprint density at radius 3 is 0.933 bits per heavy atom. The molecule has 0 radical (unpaired) electrons. The summed E-state index contributed by atoms with van der Waals surface area (Å²) in [7, 11) is -17.9. The first-order chi connectivity index (χ1) is 10.5. The van der Waals surface area contributed by atoms with Crippen molar-refractivity contribution >= 4 is 23.5 Å². The van der Waals surface area contributed by atoms with Crippen LogP contribution in [0, 0.1) is 0 Å². The minimum absolute atomic E-state index is 0. The number of phosphoric acid groups is 3. The van der Waals surface area contributed by atoms with Gasteiger partial charge in [-0.1, -0.05) is 0 Å². The fourth-order valence-electron chi connectivity index (χ4n) is 1.98. The number of rotatable bonds is 6. The molecule has 0 bridgehead atoms. The van der Waals surface area contributed by atoms with E-state index in [9.17, 15) is 58.4 Å². The first-order valence-corrected chi connectivity index (χ1v) is 10.1. The van der Waals surface area contributed by atoms with Gasteiger partial charge in [-0.3, -0.25) is 0 Å². The molecular weight excluding hydrogens is 640 g/mol. The molecule has 24 heteroatoms. The van der Waals surface area contributed by atoms with Gasteiger partial charge in [0.15, 0.2) is 0 Å². The molecule has 0 aromatic carbocycles. The standard InChI is InChI=1S/C6H15O15P3.6K/c7-1-2(8)5(20-23(13,14)15)6(21-24(16,17)18)3(9)4(1)19-22(10,11)12;;;;;;/h1-9H,(H2,10,11,12)(H2,13,14,15)(H2,16,17,18);;;;;;/q;6*+1/p-6. The van der Waals surface area contributed by atoms with Crippen LogP contribution in [0.2, 0.25) is 0 Å². The second-order valence-corrected chi connectivity index (χ2v) is 7.84. The molecule has 0 amide bonds. The minimum atomic E-state index is -6.01. The summed E-state index contributed by atoms with van der Waals surface area (Å²) in [5.74, 6) is 0. The van der Waals surface area contributed by atoms with E-state index in [2.05, 4.69) is 13.6 Å². The maximum absolute atomic E-state index is 10.6. The quantitative estimate of drug-likeness (QED) is 0.178. The maximum Gasteiger partial charge on any atom is 1.00 e. The molecule has 1 saturated carbocycles. The molecule has 30 heavy (non-hydrogen) atoms. The van der Waals surface area contributed by atoms with Gasteiger partial charge in [-0.15, -0.1) is 0 Å². The Balaban J connectivity index is -0.000000240. The molecule has 3 N–H and O–H groups in total. The number of aliphatic hydroxyl groups excluding tert-OH is 3. The van der Waals surface area contributed by atoms with Crippen LogP contribution >= 0.6 is 23.5 Å². The molecule has 0 aromatic heterocycles. The van der Waals surface area contributed by atoms with E-state index in [1.807, 2.05) is 0 Å². The van der Waals surface area contributed by atoms with Crippen molar-refractivity contribution in [1.82, 2.24) is 0 Å². The minimum Gasteiger partial charge on any atom is -0.790 e. The summed E-state index contributed by atoms with van der Waals surface area (Å²) in [4.78, 5) is 63.6. The van der Waals surface area contributed by atoms with Crippen LogP contribution in [-0.2, 0) is 27.3 Å². The average Bonchev–Trinajstić information content (AvgIpc) is 2.32. The largest absolute Gasteiger partial charge is 1.00 e. The van der Waals surface area contributed by atoms with Crippen molar-refractivity contribution in [2.24, 2.45) is 0 Å². The number of phosphoric ester groups is 3. The number of hydrogen-bond donors (Lipinski definition) is 3. The smallest absolute Gasteiger partial charge is 0.790 e. The fraction of sp³-hybridized carbons (Fsp3) is 1.00. The monoisotopic (exact) mass is 648 g/mol. The third-order valence-electron chi connectivity index (χ3n) is 2.77.